The molecule has 3 amide bonds. The van der Waals surface area contributed by atoms with E-state index in [0.717, 1.165) is 10.1 Å². The average molecular weight is 549 g/mol. The molecular formula is C25H28N10O3S. The standard InChI is InChI=1S/C25H28N10O3S/c1-3-35(34-25(28)29)23(38)20-11-15-9-16(5-7-19(15)39-20)32-22(37)18-10-14-8-13(4-6-17(14)33-18)21(36)30-12(2)31-24(26)27/h4-12,33H,3H2,1-2H3,(H,30,36)(H,32,37)(H4,26,27,31)(H4,28,29,34). The number of guanidine groups is 2. The van der Waals surface area contributed by atoms with Crippen molar-refractivity contribution in [3.63, 3.8) is 0 Å². The van der Waals surface area contributed by atoms with E-state index in [1.54, 1.807) is 56.3 Å². The van der Waals surface area contributed by atoms with Crippen molar-refractivity contribution in [3.8, 4) is 0 Å². The molecule has 2 aromatic heterocycles. The Morgan fingerprint density at radius 3 is 2.44 bits per heavy atom. The number of benzene rings is 2. The Morgan fingerprint density at radius 2 is 1.74 bits per heavy atom. The first-order chi connectivity index (χ1) is 18.5. The summed E-state index contributed by atoms with van der Waals surface area (Å²) < 4.78 is 0.864. The second-order valence-electron chi connectivity index (χ2n) is 8.55. The molecule has 1 atom stereocenters. The van der Waals surface area contributed by atoms with E-state index in [-0.39, 0.29) is 29.6 Å². The van der Waals surface area contributed by atoms with Crippen LogP contribution in [0, 0.1) is 0 Å². The molecule has 202 valence electrons. The molecule has 0 fully saturated rings. The summed E-state index contributed by atoms with van der Waals surface area (Å²) >= 11 is 1.30. The summed E-state index contributed by atoms with van der Waals surface area (Å²) in [6.07, 6.45) is -0.593. The van der Waals surface area contributed by atoms with Crippen molar-refractivity contribution in [3.05, 3.63) is 64.7 Å². The van der Waals surface area contributed by atoms with Gasteiger partial charge in [0.2, 0.25) is 5.96 Å². The normalized spacial score (nSPS) is 11.5. The van der Waals surface area contributed by atoms with Gasteiger partial charge in [0.15, 0.2) is 5.96 Å². The van der Waals surface area contributed by atoms with Gasteiger partial charge in [0, 0.05) is 33.4 Å². The number of anilines is 1. The van der Waals surface area contributed by atoms with Crippen LogP contribution in [0.5, 0.6) is 0 Å². The summed E-state index contributed by atoms with van der Waals surface area (Å²) in [5.74, 6) is -1.38. The number of carbonyl (C=O) groups is 3. The van der Waals surface area contributed by atoms with Crippen molar-refractivity contribution in [1.82, 2.24) is 15.3 Å². The number of hydrogen-bond acceptors (Lipinski definition) is 6. The number of carbonyl (C=O) groups excluding carboxylic acids is 3. The molecule has 39 heavy (non-hydrogen) atoms. The largest absolute Gasteiger partial charge is 0.370 e. The number of rotatable bonds is 8. The predicted molar refractivity (Wildman–Crippen MR) is 153 cm³/mol. The number of nitrogens with zero attached hydrogens (tertiary/aromatic N) is 3. The van der Waals surface area contributed by atoms with E-state index in [9.17, 15) is 14.4 Å². The van der Waals surface area contributed by atoms with Crippen LogP contribution < -0.4 is 33.6 Å². The first kappa shape index (κ1) is 26.9. The summed E-state index contributed by atoms with van der Waals surface area (Å²) in [4.78, 5) is 45.7. The lowest BCUT2D eigenvalue weighted by atomic mass is 10.1. The van der Waals surface area contributed by atoms with Crippen molar-refractivity contribution >= 4 is 67.7 Å². The van der Waals surface area contributed by atoms with Crippen molar-refractivity contribution in [2.75, 3.05) is 11.9 Å². The number of thiophene rings is 1. The summed E-state index contributed by atoms with van der Waals surface area (Å²) in [5, 5.41) is 12.0. The number of fused-ring (bicyclic) bond motifs is 2. The van der Waals surface area contributed by atoms with E-state index < -0.39 is 6.17 Å². The molecule has 14 heteroatoms. The highest BCUT2D eigenvalue weighted by atomic mass is 32.1. The van der Waals surface area contributed by atoms with Crippen LogP contribution in [0.1, 0.15) is 44.4 Å². The average Bonchev–Trinajstić information content (AvgIpc) is 3.49. The molecule has 0 radical (unpaired) electrons. The molecule has 0 bridgehead atoms. The highest BCUT2D eigenvalue weighted by molar-refractivity contribution is 7.20. The van der Waals surface area contributed by atoms with Crippen LogP contribution >= 0.6 is 11.3 Å². The Balaban J connectivity index is 1.50. The molecule has 13 nitrogen and oxygen atoms in total. The third-order valence-corrected chi connectivity index (χ3v) is 6.67. The van der Waals surface area contributed by atoms with E-state index in [1.807, 2.05) is 6.07 Å². The zero-order chi connectivity index (χ0) is 28.3. The van der Waals surface area contributed by atoms with Crippen molar-refractivity contribution in [2.45, 2.75) is 20.0 Å². The van der Waals surface area contributed by atoms with Crippen molar-refractivity contribution in [1.29, 1.82) is 0 Å². The zero-order valence-electron chi connectivity index (χ0n) is 21.2. The maximum Gasteiger partial charge on any atom is 0.284 e. The molecule has 4 rings (SSSR count). The van der Waals surface area contributed by atoms with Crippen LogP contribution in [0.2, 0.25) is 0 Å². The van der Waals surface area contributed by atoms with Gasteiger partial charge in [-0.3, -0.25) is 14.4 Å². The zero-order valence-corrected chi connectivity index (χ0v) is 22.0. The molecule has 0 spiro atoms. The van der Waals surface area contributed by atoms with Crippen LogP contribution in [0.25, 0.3) is 21.0 Å². The molecule has 2 aromatic carbocycles. The monoisotopic (exact) mass is 548 g/mol. The molecule has 11 N–H and O–H groups in total. The van der Waals surface area contributed by atoms with Gasteiger partial charge in [0.25, 0.3) is 17.7 Å². The Hall–Kier alpha value is -5.11. The Kier molecular flexibility index (Phi) is 7.67. The van der Waals surface area contributed by atoms with Crippen molar-refractivity contribution in [2.24, 2.45) is 33.0 Å². The minimum atomic E-state index is -0.593. The van der Waals surface area contributed by atoms with E-state index >= 15 is 0 Å². The second kappa shape index (κ2) is 11.1. The van der Waals surface area contributed by atoms with Gasteiger partial charge >= 0.3 is 0 Å². The lowest BCUT2D eigenvalue weighted by Gasteiger charge is -2.13. The molecule has 4 aromatic rings. The van der Waals surface area contributed by atoms with Crippen molar-refractivity contribution < 1.29 is 14.4 Å². The summed E-state index contributed by atoms with van der Waals surface area (Å²) in [6, 6.07) is 13.7. The summed E-state index contributed by atoms with van der Waals surface area (Å²) in [6.45, 7) is 3.72. The fourth-order valence-electron chi connectivity index (χ4n) is 3.88. The number of H-pyrrole nitrogens is 1. The third-order valence-electron chi connectivity index (χ3n) is 5.57. The van der Waals surface area contributed by atoms with Crippen LogP contribution in [0.3, 0.4) is 0 Å². The highest BCUT2D eigenvalue weighted by Crippen LogP contribution is 2.29. The molecule has 0 aliphatic heterocycles. The van der Waals surface area contributed by atoms with Gasteiger partial charge in [-0.2, -0.15) is 0 Å². The number of hydrogen-bond donors (Lipinski definition) is 7. The molecule has 2 heterocycles. The topological polar surface area (TPSA) is 223 Å². The number of hydrazone groups is 1. The predicted octanol–water partition coefficient (Wildman–Crippen LogP) is 1.63. The molecule has 0 aliphatic rings. The fraction of sp³-hybridized carbons (Fsp3) is 0.160. The minimum Gasteiger partial charge on any atom is -0.370 e. The molecule has 0 saturated carbocycles. The number of aromatic nitrogens is 1. The smallest absolute Gasteiger partial charge is 0.284 e. The summed E-state index contributed by atoms with van der Waals surface area (Å²) in [5.41, 5.74) is 23.5. The maximum absolute atomic E-state index is 13.0. The molecule has 0 saturated heterocycles. The summed E-state index contributed by atoms with van der Waals surface area (Å²) in [7, 11) is 0. The first-order valence-corrected chi connectivity index (χ1v) is 12.6. The number of nitrogens with two attached hydrogens (primary N) is 4. The van der Waals surface area contributed by atoms with Crippen LogP contribution in [0.15, 0.2) is 58.6 Å². The van der Waals surface area contributed by atoms with E-state index in [2.05, 4.69) is 25.7 Å². The second-order valence-corrected chi connectivity index (χ2v) is 9.64. The lowest BCUT2D eigenvalue weighted by molar-refractivity contribution is 0.0773. The molecular weight excluding hydrogens is 520 g/mol. The van der Waals surface area contributed by atoms with Crippen LogP contribution in [-0.4, -0.2) is 52.3 Å². The van der Waals surface area contributed by atoms with E-state index in [1.165, 1.54) is 16.3 Å². The van der Waals surface area contributed by atoms with E-state index in [0.29, 0.717) is 39.3 Å². The number of aromatic amines is 1. The number of aliphatic imine (C=N–C) groups is 1. The number of nitrogens with one attached hydrogen (secondary N) is 3. The lowest BCUT2D eigenvalue weighted by Crippen LogP contribution is -2.35. The Labute approximate surface area is 226 Å². The van der Waals surface area contributed by atoms with E-state index in [4.69, 9.17) is 22.9 Å². The quantitative estimate of drug-likeness (QED) is 0.0978. The van der Waals surface area contributed by atoms with Crippen LogP contribution in [-0.2, 0) is 0 Å². The fourth-order valence-corrected chi connectivity index (χ4v) is 4.86. The minimum absolute atomic E-state index is 0.127. The molecule has 1 unspecified atom stereocenters. The van der Waals surface area contributed by atoms with Gasteiger partial charge in [0.05, 0.1) is 4.88 Å². The Bertz CT molecular complexity index is 1630. The maximum atomic E-state index is 13.0. The number of amides is 3. The Morgan fingerprint density at radius 1 is 0.974 bits per heavy atom. The van der Waals surface area contributed by atoms with Gasteiger partial charge < -0.3 is 38.6 Å². The van der Waals surface area contributed by atoms with Gasteiger partial charge in [0.1, 0.15) is 11.9 Å². The SMILES string of the molecule is CCN(N=C(N)N)C(=O)c1cc2cc(NC(=O)c3cc4cc(C(=O)NC(C)N=C(N)N)ccc4[nH]3)ccc2s1. The first-order valence-electron chi connectivity index (χ1n) is 11.8. The third kappa shape index (κ3) is 6.24. The van der Waals surface area contributed by atoms with Gasteiger partial charge in [-0.1, -0.05) is 0 Å². The van der Waals surface area contributed by atoms with Gasteiger partial charge in [-0.25, -0.2) is 10.0 Å². The van der Waals surface area contributed by atoms with Gasteiger partial charge in [-0.05, 0) is 67.8 Å². The molecule has 0 aliphatic carbocycles. The van der Waals surface area contributed by atoms with Crippen LogP contribution in [0.4, 0.5) is 5.69 Å². The van der Waals surface area contributed by atoms with Gasteiger partial charge in [-0.15, -0.1) is 16.4 Å². The highest BCUT2D eigenvalue weighted by Gasteiger charge is 2.18.